The summed E-state index contributed by atoms with van der Waals surface area (Å²) in [6.07, 6.45) is 2.12. The van der Waals surface area contributed by atoms with Crippen LogP contribution in [0.5, 0.6) is 0 Å². The van der Waals surface area contributed by atoms with E-state index in [1.807, 2.05) is 19.9 Å². The van der Waals surface area contributed by atoms with Crippen molar-refractivity contribution in [1.82, 2.24) is 10.2 Å². The maximum absolute atomic E-state index is 12.2. The molecule has 0 fully saturated rings. The van der Waals surface area contributed by atoms with Gasteiger partial charge in [0.2, 0.25) is 0 Å². The molecule has 0 aliphatic rings. The number of carbonyl (C=O) groups excluding carboxylic acids is 1. The average molecular weight is 277 g/mol. The predicted octanol–water partition coefficient (Wildman–Crippen LogP) is 3.60. The molecule has 0 unspecified atom stereocenters. The molecule has 4 nitrogen and oxygen atoms in total. The molecule has 0 radical (unpaired) electrons. The Kier molecular flexibility index (Phi) is 4.04. The van der Waals surface area contributed by atoms with Crippen LogP contribution in [0, 0.1) is 20.8 Å². The molecule has 5 heteroatoms. The van der Waals surface area contributed by atoms with Crippen LogP contribution in [-0.2, 0) is 6.42 Å². The van der Waals surface area contributed by atoms with Gasteiger partial charge in [-0.2, -0.15) is 5.10 Å². The van der Waals surface area contributed by atoms with E-state index < -0.39 is 0 Å². The molecule has 2 heterocycles. The number of anilines is 1. The first-order valence-corrected chi connectivity index (χ1v) is 7.26. The standard InChI is InChI=1S/C14H19N3OS/c1-5-6-11-7-12(19-10(11)4)14(18)15-13-8(2)16-17-9(13)3/h7H,5-6H2,1-4H3,(H,15,18)(H,16,17). The van der Waals surface area contributed by atoms with Gasteiger partial charge in [-0.25, -0.2) is 0 Å². The minimum Gasteiger partial charge on any atom is -0.318 e. The molecule has 0 aliphatic carbocycles. The fourth-order valence-corrected chi connectivity index (χ4v) is 3.03. The van der Waals surface area contributed by atoms with Gasteiger partial charge in [0.05, 0.1) is 22.0 Å². The number of nitrogens with one attached hydrogen (secondary N) is 2. The lowest BCUT2D eigenvalue weighted by atomic mass is 10.1. The van der Waals surface area contributed by atoms with Gasteiger partial charge in [-0.1, -0.05) is 13.3 Å². The summed E-state index contributed by atoms with van der Waals surface area (Å²) in [6, 6.07) is 2.00. The predicted molar refractivity (Wildman–Crippen MR) is 79.1 cm³/mol. The summed E-state index contributed by atoms with van der Waals surface area (Å²) in [4.78, 5) is 14.2. The zero-order valence-electron chi connectivity index (χ0n) is 11.8. The number of nitrogens with zero attached hydrogens (tertiary/aromatic N) is 1. The van der Waals surface area contributed by atoms with E-state index in [0.29, 0.717) is 0 Å². The molecule has 0 bridgehead atoms. The van der Waals surface area contributed by atoms with E-state index in [4.69, 9.17) is 0 Å². The van der Waals surface area contributed by atoms with Crippen LogP contribution in [0.4, 0.5) is 5.69 Å². The first kappa shape index (κ1) is 13.8. The maximum atomic E-state index is 12.2. The highest BCUT2D eigenvalue weighted by Gasteiger charge is 2.15. The number of H-pyrrole nitrogens is 1. The Labute approximate surface area is 117 Å². The quantitative estimate of drug-likeness (QED) is 0.897. The van der Waals surface area contributed by atoms with Crippen molar-refractivity contribution in [2.75, 3.05) is 5.32 Å². The second-order valence-electron chi connectivity index (χ2n) is 4.71. The maximum Gasteiger partial charge on any atom is 0.265 e. The van der Waals surface area contributed by atoms with Crippen molar-refractivity contribution in [3.05, 3.63) is 32.8 Å². The minimum absolute atomic E-state index is 0.0527. The second-order valence-corrected chi connectivity index (χ2v) is 5.96. The second kappa shape index (κ2) is 5.57. The van der Waals surface area contributed by atoms with Gasteiger partial charge in [0, 0.05) is 4.88 Å². The van der Waals surface area contributed by atoms with E-state index >= 15 is 0 Å². The number of thiophene rings is 1. The van der Waals surface area contributed by atoms with Crippen molar-refractivity contribution in [1.29, 1.82) is 0 Å². The molecule has 2 aromatic rings. The van der Waals surface area contributed by atoms with Gasteiger partial charge in [0.15, 0.2) is 0 Å². The van der Waals surface area contributed by atoms with Crippen LogP contribution in [0.15, 0.2) is 6.07 Å². The van der Waals surface area contributed by atoms with Crippen LogP contribution in [-0.4, -0.2) is 16.1 Å². The third kappa shape index (κ3) is 2.87. The number of aromatic nitrogens is 2. The molecule has 2 N–H and O–H groups in total. The van der Waals surface area contributed by atoms with Gasteiger partial charge in [0.1, 0.15) is 0 Å². The molecular formula is C14H19N3OS. The largest absolute Gasteiger partial charge is 0.318 e. The number of hydrogen-bond donors (Lipinski definition) is 2. The van der Waals surface area contributed by atoms with Crippen LogP contribution in [0.2, 0.25) is 0 Å². The minimum atomic E-state index is -0.0527. The van der Waals surface area contributed by atoms with Gasteiger partial charge in [-0.3, -0.25) is 9.89 Å². The number of hydrogen-bond acceptors (Lipinski definition) is 3. The highest BCUT2D eigenvalue weighted by molar-refractivity contribution is 7.14. The summed E-state index contributed by atoms with van der Waals surface area (Å²) in [5.41, 5.74) is 3.76. The summed E-state index contributed by atoms with van der Waals surface area (Å²) in [7, 11) is 0. The van der Waals surface area contributed by atoms with E-state index in [-0.39, 0.29) is 5.91 Å². The van der Waals surface area contributed by atoms with E-state index in [2.05, 4.69) is 29.4 Å². The van der Waals surface area contributed by atoms with Crippen LogP contribution in [0.25, 0.3) is 0 Å². The Morgan fingerprint density at radius 3 is 2.74 bits per heavy atom. The van der Waals surface area contributed by atoms with Crippen molar-refractivity contribution in [3.63, 3.8) is 0 Å². The molecule has 0 saturated heterocycles. The number of aromatic amines is 1. The molecule has 0 atom stereocenters. The lowest BCUT2D eigenvalue weighted by Crippen LogP contribution is -2.11. The van der Waals surface area contributed by atoms with Gasteiger partial charge in [0.25, 0.3) is 5.91 Å². The van der Waals surface area contributed by atoms with E-state index in [1.54, 1.807) is 11.3 Å². The summed E-state index contributed by atoms with van der Waals surface area (Å²) in [6.45, 7) is 7.99. The van der Waals surface area contributed by atoms with Crippen LogP contribution < -0.4 is 5.32 Å². The van der Waals surface area contributed by atoms with Gasteiger partial charge < -0.3 is 5.32 Å². The summed E-state index contributed by atoms with van der Waals surface area (Å²) in [5, 5.41) is 9.88. The number of rotatable bonds is 4. The first-order chi connectivity index (χ1) is 9.02. The van der Waals surface area contributed by atoms with Crippen molar-refractivity contribution in [2.24, 2.45) is 0 Å². The summed E-state index contributed by atoms with van der Waals surface area (Å²) in [5.74, 6) is -0.0527. The van der Waals surface area contributed by atoms with Crippen molar-refractivity contribution in [2.45, 2.75) is 40.5 Å². The third-order valence-corrected chi connectivity index (χ3v) is 4.22. The van der Waals surface area contributed by atoms with Crippen molar-refractivity contribution < 1.29 is 4.79 Å². The average Bonchev–Trinajstić information content (AvgIpc) is 2.88. The van der Waals surface area contributed by atoms with E-state index in [9.17, 15) is 4.79 Å². The fraction of sp³-hybridized carbons (Fsp3) is 0.429. The Hall–Kier alpha value is -1.62. The number of amides is 1. The monoisotopic (exact) mass is 277 g/mol. The highest BCUT2D eigenvalue weighted by atomic mass is 32.1. The molecule has 2 aromatic heterocycles. The van der Waals surface area contributed by atoms with Crippen molar-refractivity contribution in [3.8, 4) is 0 Å². The van der Waals surface area contributed by atoms with Crippen LogP contribution in [0.3, 0.4) is 0 Å². The topological polar surface area (TPSA) is 57.8 Å². The van der Waals surface area contributed by atoms with Crippen LogP contribution >= 0.6 is 11.3 Å². The summed E-state index contributed by atoms with van der Waals surface area (Å²) >= 11 is 1.55. The summed E-state index contributed by atoms with van der Waals surface area (Å²) < 4.78 is 0. The Bertz CT molecular complexity index is 578. The fourth-order valence-electron chi connectivity index (χ4n) is 2.06. The van der Waals surface area contributed by atoms with Gasteiger partial charge in [-0.15, -0.1) is 11.3 Å². The molecule has 0 saturated carbocycles. The van der Waals surface area contributed by atoms with Gasteiger partial charge in [-0.05, 0) is 38.8 Å². The Morgan fingerprint density at radius 1 is 1.42 bits per heavy atom. The zero-order chi connectivity index (χ0) is 14.0. The SMILES string of the molecule is CCCc1cc(C(=O)Nc2c(C)n[nH]c2C)sc1C. The molecule has 102 valence electrons. The molecule has 1 amide bonds. The zero-order valence-corrected chi connectivity index (χ0v) is 12.6. The van der Waals surface area contributed by atoms with Crippen LogP contribution in [0.1, 0.15) is 44.8 Å². The molecule has 2 rings (SSSR count). The van der Waals surface area contributed by atoms with E-state index in [1.165, 1.54) is 10.4 Å². The Morgan fingerprint density at radius 2 is 2.16 bits per heavy atom. The molecule has 0 spiro atoms. The number of carbonyl (C=O) groups is 1. The lowest BCUT2D eigenvalue weighted by Gasteiger charge is -2.02. The molecule has 0 aliphatic heterocycles. The smallest absolute Gasteiger partial charge is 0.265 e. The first-order valence-electron chi connectivity index (χ1n) is 6.45. The Balaban J connectivity index is 2.18. The third-order valence-electron chi connectivity index (χ3n) is 3.13. The van der Waals surface area contributed by atoms with E-state index in [0.717, 1.165) is 34.8 Å². The molecular weight excluding hydrogens is 258 g/mol. The number of aryl methyl sites for hydroxylation is 4. The lowest BCUT2D eigenvalue weighted by molar-refractivity contribution is 0.103. The van der Waals surface area contributed by atoms with Crippen molar-refractivity contribution >= 4 is 22.9 Å². The normalized spacial score (nSPS) is 10.7. The van der Waals surface area contributed by atoms with Gasteiger partial charge >= 0.3 is 0 Å². The molecule has 19 heavy (non-hydrogen) atoms. The molecule has 0 aromatic carbocycles. The highest BCUT2D eigenvalue weighted by Crippen LogP contribution is 2.25.